The van der Waals surface area contributed by atoms with Gasteiger partial charge in [-0.25, -0.2) is 0 Å². The number of morpholine rings is 1. The van der Waals surface area contributed by atoms with Crippen LogP contribution in [0, 0.1) is 5.41 Å². The fourth-order valence-corrected chi connectivity index (χ4v) is 2.75. The Morgan fingerprint density at radius 2 is 1.76 bits per heavy atom. The molecule has 5 nitrogen and oxygen atoms in total. The molecule has 0 aromatic heterocycles. The Kier molecular flexibility index (Phi) is 8.50. The van der Waals surface area contributed by atoms with Gasteiger partial charge >= 0.3 is 0 Å². The SMILES string of the molecule is CC(C)(C)[C@H](N)C(=O)N1CCC(N2CCOCC2)C1.Cl.Cl. The highest BCUT2D eigenvalue weighted by Crippen LogP contribution is 2.23. The van der Waals surface area contributed by atoms with Gasteiger partial charge in [0.1, 0.15) is 0 Å². The second kappa shape index (κ2) is 8.53. The number of hydrogen-bond acceptors (Lipinski definition) is 4. The van der Waals surface area contributed by atoms with Crippen LogP contribution in [0.1, 0.15) is 27.2 Å². The Hall–Kier alpha value is -0.0700. The van der Waals surface area contributed by atoms with Crippen LogP contribution < -0.4 is 5.73 Å². The predicted molar refractivity (Wildman–Crippen MR) is 89.3 cm³/mol. The molecule has 0 bridgehead atoms. The molecule has 1 amide bonds. The molecule has 2 aliphatic heterocycles. The van der Waals surface area contributed by atoms with Gasteiger partial charge in [0.2, 0.25) is 5.91 Å². The highest BCUT2D eigenvalue weighted by Gasteiger charge is 2.36. The molecule has 0 aromatic rings. The first-order chi connectivity index (χ1) is 8.89. The minimum Gasteiger partial charge on any atom is -0.379 e. The molecule has 2 N–H and O–H groups in total. The standard InChI is InChI=1S/C14H27N3O2.2ClH/c1-14(2,3)12(15)13(18)17-5-4-11(10-17)16-6-8-19-9-7-16;;/h11-12H,4-10,15H2,1-3H3;2*1H/t11?,12-;;/m1../s1. The van der Waals surface area contributed by atoms with Crippen molar-refractivity contribution in [3.05, 3.63) is 0 Å². The Morgan fingerprint density at radius 3 is 2.29 bits per heavy atom. The smallest absolute Gasteiger partial charge is 0.240 e. The van der Waals surface area contributed by atoms with Crippen LogP contribution in [0.4, 0.5) is 0 Å². The van der Waals surface area contributed by atoms with Gasteiger partial charge in [0.05, 0.1) is 19.3 Å². The zero-order chi connectivity index (χ0) is 14.0. The van der Waals surface area contributed by atoms with E-state index in [0.717, 1.165) is 45.8 Å². The summed E-state index contributed by atoms with van der Waals surface area (Å²) in [7, 11) is 0. The molecule has 2 saturated heterocycles. The Bertz CT molecular complexity index is 331. The third-order valence-corrected chi connectivity index (χ3v) is 4.24. The average molecular weight is 342 g/mol. The van der Waals surface area contributed by atoms with Crippen LogP contribution in [0.25, 0.3) is 0 Å². The highest BCUT2D eigenvalue weighted by molar-refractivity contribution is 5.85. The third-order valence-electron chi connectivity index (χ3n) is 4.24. The predicted octanol–water partition coefficient (Wildman–Crippen LogP) is 1.14. The van der Waals surface area contributed by atoms with E-state index in [1.807, 2.05) is 25.7 Å². The van der Waals surface area contributed by atoms with Gasteiger partial charge in [0.25, 0.3) is 0 Å². The summed E-state index contributed by atoms with van der Waals surface area (Å²) in [5, 5.41) is 0. The lowest BCUT2D eigenvalue weighted by Gasteiger charge is -2.33. The van der Waals surface area contributed by atoms with Crippen molar-refractivity contribution in [3.63, 3.8) is 0 Å². The van der Waals surface area contributed by atoms with E-state index < -0.39 is 6.04 Å². The fourth-order valence-electron chi connectivity index (χ4n) is 2.75. The molecule has 0 aromatic carbocycles. The number of carbonyl (C=O) groups excluding carboxylic acids is 1. The first-order valence-electron chi connectivity index (χ1n) is 7.26. The molecule has 1 unspecified atom stereocenters. The van der Waals surface area contributed by atoms with E-state index in [9.17, 15) is 4.79 Å². The molecule has 21 heavy (non-hydrogen) atoms. The molecular weight excluding hydrogens is 313 g/mol. The van der Waals surface area contributed by atoms with Crippen LogP contribution in [-0.4, -0.2) is 67.2 Å². The largest absolute Gasteiger partial charge is 0.379 e. The quantitative estimate of drug-likeness (QED) is 0.818. The lowest BCUT2D eigenvalue weighted by atomic mass is 9.86. The summed E-state index contributed by atoms with van der Waals surface area (Å²) >= 11 is 0. The van der Waals surface area contributed by atoms with Gasteiger partial charge in [-0.2, -0.15) is 0 Å². The van der Waals surface area contributed by atoms with Crippen LogP contribution >= 0.6 is 24.8 Å². The summed E-state index contributed by atoms with van der Waals surface area (Å²) in [5.74, 6) is 0.100. The number of ether oxygens (including phenoxy) is 1. The number of hydrogen-bond donors (Lipinski definition) is 1. The zero-order valence-electron chi connectivity index (χ0n) is 13.2. The van der Waals surface area contributed by atoms with Gasteiger partial charge in [-0.05, 0) is 11.8 Å². The van der Waals surface area contributed by atoms with Crippen LogP contribution in [0.3, 0.4) is 0 Å². The Morgan fingerprint density at radius 1 is 1.19 bits per heavy atom. The second-order valence-corrected chi connectivity index (χ2v) is 6.72. The molecule has 2 atom stereocenters. The summed E-state index contributed by atoms with van der Waals surface area (Å²) in [6, 6.07) is 0.0796. The molecule has 0 spiro atoms. The minimum absolute atomic E-state index is 0. The summed E-state index contributed by atoms with van der Waals surface area (Å²) in [4.78, 5) is 16.8. The van der Waals surface area contributed by atoms with Crippen molar-refractivity contribution in [2.24, 2.45) is 11.1 Å². The molecule has 2 aliphatic rings. The van der Waals surface area contributed by atoms with E-state index in [-0.39, 0.29) is 36.1 Å². The Balaban J connectivity index is 0.00000200. The molecule has 2 fully saturated rings. The van der Waals surface area contributed by atoms with Crippen molar-refractivity contribution in [2.75, 3.05) is 39.4 Å². The van der Waals surface area contributed by atoms with Crippen LogP contribution in [0.2, 0.25) is 0 Å². The highest BCUT2D eigenvalue weighted by atomic mass is 35.5. The zero-order valence-corrected chi connectivity index (χ0v) is 14.8. The first kappa shape index (κ1) is 20.9. The lowest BCUT2D eigenvalue weighted by molar-refractivity contribution is -0.134. The van der Waals surface area contributed by atoms with E-state index >= 15 is 0 Å². The minimum atomic E-state index is -0.407. The van der Waals surface area contributed by atoms with Crippen molar-refractivity contribution in [3.8, 4) is 0 Å². The van der Waals surface area contributed by atoms with Gasteiger partial charge in [-0.3, -0.25) is 9.69 Å². The average Bonchev–Trinajstić information content (AvgIpc) is 2.86. The molecule has 126 valence electrons. The number of nitrogens with zero attached hydrogens (tertiary/aromatic N) is 2. The topological polar surface area (TPSA) is 58.8 Å². The van der Waals surface area contributed by atoms with E-state index in [4.69, 9.17) is 10.5 Å². The summed E-state index contributed by atoms with van der Waals surface area (Å²) in [6.07, 6.45) is 1.06. The molecule has 0 aliphatic carbocycles. The fraction of sp³-hybridized carbons (Fsp3) is 0.929. The maximum atomic E-state index is 12.4. The van der Waals surface area contributed by atoms with Gasteiger partial charge in [-0.1, -0.05) is 20.8 Å². The Labute approximate surface area is 140 Å². The molecule has 2 rings (SSSR count). The van der Waals surface area contributed by atoms with Gasteiger partial charge < -0.3 is 15.4 Å². The maximum Gasteiger partial charge on any atom is 0.240 e. The van der Waals surface area contributed by atoms with Crippen LogP contribution in [0.15, 0.2) is 0 Å². The molecular formula is C14H29Cl2N3O2. The molecule has 0 radical (unpaired) electrons. The van der Waals surface area contributed by atoms with Gasteiger partial charge in [0.15, 0.2) is 0 Å². The van der Waals surface area contributed by atoms with Crippen molar-refractivity contribution < 1.29 is 9.53 Å². The van der Waals surface area contributed by atoms with Crippen molar-refractivity contribution in [1.82, 2.24) is 9.80 Å². The van der Waals surface area contributed by atoms with Crippen LogP contribution in [0.5, 0.6) is 0 Å². The normalized spacial score (nSPS) is 25.0. The summed E-state index contributed by atoms with van der Waals surface area (Å²) < 4.78 is 5.37. The van der Waals surface area contributed by atoms with E-state index in [0.29, 0.717) is 6.04 Å². The molecule has 0 saturated carbocycles. The number of halogens is 2. The first-order valence-corrected chi connectivity index (χ1v) is 7.26. The second-order valence-electron chi connectivity index (χ2n) is 6.72. The number of rotatable bonds is 2. The van der Waals surface area contributed by atoms with Crippen molar-refractivity contribution >= 4 is 30.7 Å². The van der Waals surface area contributed by atoms with E-state index in [1.165, 1.54) is 0 Å². The number of amides is 1. The summed E-state index contributed by atoms with van der Waals surface area (Å²) in [5.41, 5.74) is 5.90. The molecule has 2 heterocycles. The molecule has 7 heteroatoms. The van der Waals surface area contributed by atoms with E-state index in [2.05, 4.69) is 4.90 Å². The summed E-state index contributed by atoms with van der Waals surface area (Å²) in [6.45, 7) is 11.3. The van der Waals surface area contributed by atoms with Crippen molar-refractivity contribution in [1.29, 1.82) is 0 Å². The van der Waals surface area contributed by atoms with Crippen molar-refractivity contribution in [2.45, 2.75) is 39.3 Å². The van der Waals surface area contributed by atoms with Gasteiger partial charge in [0, 0.05) is 32.2 Å². The third kappa shape index (κ3) is 5.25. The number of nitrogens with two attached hydrogens (primary N) is 1. The lowest BCUT2D eigenvalue weighted by Crippen LogP contribution is -2.51. The number of likely N-dealkylation sites (tertiary alicyclic amines) is 1. The monoisotopic (exact) mass is 341 g/mol. The van der Waals surface area contributed by atoms with Crippen LogP contribution in [-0.2, 0) is 9.53 Å². The van der Waals surface area contributed by atoms with E-state index in [1.54, 1.807) is 0 Å². The maximum absolute atomic E-state index is 12.4. The van der Waals surface area contributed by atoms with Gasteiger partial charge in [-0.15, -0.1) is 24.8 Å². The number of carbonyl (C=O) groups is 1.